The predicted octanol–water partition coefficient (Wildman–Crippen LogP) is 2.56. The number of furan rings is 1. The second-order valence-corrected chi connectivity index (χ2v) is 6.19. The number of carbonyl (C=O) groups excluding carboxylic acids is 1. The van der Waals surface area contributed by atoms with Crippen molar-refractivity contribution in [2.45, 2.75) is 32.5 Å². The van der Waals surface area contributed by atoms with Gasteiger partial charge in [-0.15, -0.1) is 0 Å². The summed E-state index contributed by atoms with van der Waals surface area (Å²) in [6.45, 7) is 4.66. The summed E-state index contributed by atoms with van der Waals surface area (Å²) in [5.74, 6) is 1.35. The largest absolute Gasteiger partial charge is 0.475 e. The highest BCUT2D eigenvalue weighted by molar-refractivity contribution is 5.73. The Morgan fingerprint density at radius 3 is 2.72 bits per heavy atom. The molecule has 1 unspecified atom stereocenters. The van der Waals surface area contributed by atoms with Gasteiger partial charge >= 0.3 is 6.03 Å². The van der Waals surface area contributed by atoms with E-state index in [2.05, 4.69) is 15.6 Å². The Hall–Kier alpha value is -2.54. The van der Waals surface area contributed by atoms with Crippen molar-refractivity contribution in [3.8, 4) is 5.88 Å². The summed E-state index contributed by atoms with van der Waals surface area (Å²) >= 11 is 0. The molecule has 25 heavy (non-hydrogen) atoms. The van der Waals surface area contributed by atoms with Gasteiger partial charge in [-0.3, -0.25) is 4.90 Å². The molecule has 2 N–H and O–H groups in total. The van der Waals surface area contributed by atoms with Crippen LogP contribution in [0.4, 0.5) is 4.79 Å². The first-order chi connectivity index (χ1) is 12.0. The number of hydrogen-bond donors (Lipinski definition) is 2. The number of ether oxygens (including phenoxy) is 1. The minimum absolute atomic E-state index is 0.0247. The second-order valence-electron chi connectivity index (χ2n) is 6.19. The molecule has 2 aromatic heterocycles. The number of amides is 2. The number of nitrogens with one attached hydrogen (secondary N) is 2. The number of aromatic nitrogens is 1. The van der Waals surface area contributed by atoms with Crippen molar-refractivity contribution in [1.82, 2.24) is 20.5 Å². The van der Waals surface area contributed by atoms with E-state index in [4.69, 9.17) is 9.15 Å². The summed E-state index contributed by atoms with van der Waals surface area (Å²) in [5, 5.41) is 5.70. The van der Waals surface area contributed by atoms with Crippen LogP contribution in [0.1, 0.15) is 31.2 Å². The van der Waals surface area contributed by atoms with Crippen LogP contribution >= 0.6 is 0 Å². The fourth-order valence-electron chi connectivity index (χ4n) is 2.33. The van der Waals surface area contributed by atoms with Gasteiger partial charge in [-0.25, -0.2) is 9.78 Å². The summed E-state index contributed by atoms with van der Waals surface area (Å²) in [7, 11) is 3.88. The van der Waals surface area contributed by atoms with Gasteiger partial charge in [0.2, 0.25) is 5.88 Å². The van der Waals surface area contributed by atoms with Gasteiger partial charge in [0.25, 0.3) is 0 Å². The molecule has 1 atom stereocenters. The molecule has 2 rings (SSSR count). The lowest BCUT2D eigenvalue weighted by Gasteiger charge is -2.22. The number of pyridine rings is 1. The Morgan fingerprint density at radius 2 is 2.08 bits per heavy atom. The minimum Gasteiger partial charge on any atom is -0.475 e. The molecule has 0 aliphatic heterocycles. The highest BCUT2D eigenvalue weighted by Gasteiger charge is 2.18. The number of rotatable bonds is 8. The second kappa shape index (κ2) is 9.08. The first-order valence-corrected chi connectivity index (χ1v) is 8.29. The van der Waals surface area contributed by atoms with E-state index in [1.807, 2.05) is 57.1 Å². The van der Waals surface area contributed by atoms with Gasteiger partial charge in [0.05, 0.1) is 18.4 Å². The zero-order valence-electron chi connectivity index (χ0n) is 15.2. The van der Waals surface area contributed by atoms with Crippen molar-refractivity contribution in [3.63, 3.8) is 0 Å². The van der Waals surface area contributed by atoms with Crippen LogP contribution in [0, 0.1) is 0 Å². The summed E-state index contributed by atoms with van der Waals surface area (Å²) in [6, 6.07) is 7.16. The Labute approximate surface area is 148 Å². The lowest BCUT2D eigenvalue weighted by atomic mass is 10.2. The van der Waals surface area contributed by atoms with E-state index < -0.39 is 0 Å². The lowest BCUT2D eigenvalue weighted by molar-refractivity contribution is 0.223. The molecule has 2 heterocycles. The maximum Gasteiger partial charge on any atom is 0.315 e. The van der Waals surface area contributed by atoms with E-state index in [1.54, 1.807) is 12.5 Å². The Kier molecular flexibility index (Phi) is 6.82. The molecule has 7 nitrogen and oxygen atoms in total. The van der Waals surface area contributed by atoms with E-state index in [0.29, 0.717) is 19.0 Å². The topological polar surface area (TPSA) is 79.6 Å². The van der Waals surface area contributed by atoms with Gasteiger partial charge in [-0.05, 0) is 46.1 Å². The highest BCUT2D eigenvalue weighted by Crippen LogP contribution is 2.18. The molecule has 0 aliphatic rings. The molecule has 0 spiro atoms. The fourth-order valence-corrected chi connectivity index (χ4v) is 2.33. The Balaban J connectivity index is 1.87. The van der Waals surface area contributed by atoms with Crippen molar-refractivity contribution in [3.05, 3.63) is 48.0 Å². The normalized spacial score (nSPS) is 12.2. The molecule has 0 radical (unpaired) electrons. The van der Waals surface area contributed by atoms with Crippen LogP contribution in [-0.2, 0) is 6.54 Å². The monoisotopic (exact) mass is 346 g/mol. The molecule has 0 aliphatic carbocycles. The van der Waals surface area contributed by atoms with E-state index in [1.165, 1.54) is 0 Å². The minimum atomic E-state index is -0.252. The van der Waals surface area contributed by atoms with Crippen LogP contribution in [0.5, 0.6) is 5.88 Å². The van der Waals surface area contributed by atoms with E-state index in [9.17, 15) is 4.79 Å². The molecular formula is C18H26N4O3. The van der Waals surface area contributed by atoms with Gasteiger partial charge in [-0.2, -0.15) is 0 Å². The molecular weight excluding hydrogens is 320 g/mol. The van der Waals surface area contributed by atoms with Crippen molar-refractivity contribution < 1.29 is 13.9 Å². The first-order valence-electron chi connectivity index (χ1n) is 8.29. The number of hydrogen-bond acceptors (Lipinski definition) is 5. The summed E-state index contributed by atoms with van der Waals surface area (Å²) in [6.07, 6.45) is 3.33. The van der Waals surface area contributed by atoms with E-state index in [0.717, 1.165) is 11.3 Å². The average molecular weight is 346 g/mol. The molecule has 0 saturated heterocycles. The molecule has 2 amide bonds. The number of urea groups is 1. The smallest absolute Gasteiger partial charge is 0.315 e. The fraction of sp³-hybridized carbons (Fsp3) is 0.444. The van der Waals surface area contributed by atoms with Crippen LogP contribution in [-0.4, -0.2) is 42.7 Å². The van der Waals surface area contributed by atoms with Gasteiger partial charge < -0.3 is 19.8 Å². The number of likely N-dealkylation sites (N-methyl/N-ethyl adjacent to an activating group) is 1. The van der Waals surface area contributed by atoms with Gasteiger partial charge in [0.15, 0.2) is 0 Å². The van der Waals surface area contributed by atoms with Gasteiger partial charge in [-0.1, -0.05) is 6.07 Å². The van der Waals surface area contributed by atoms with Crippen LogP contribution in [0.3, 0.4) is 0 Å². The number of nitrogens with zero attached hydrogens (tertiary/aromatic N) is 2. The molecule has 7 heteroatoms. The van der Waals surface area contributed by atoms with E-state index in [-0.39, 0.29) is 18.2 Å². The van der Waals surface area contributed by atoms with Crippen LogP contribution in [0.25, 0.3) is 0 Å². The molecule has 0 aromatic carbocycles. The van der Waals surface area contributed by atoms with Gasteiger partial charge in [0, 0.05) is 24.8 Å². The van der Waals surface area contributed by atoms with Crippen LogP contribution in [0.2, 0.25) is 0 Å². The highest BCUT2D eigenvalue weighted by atomic mass is 16.5. The number of carbonyl (C=O) groups is 1. The summed E-state index contributed by atoms with van der Waals surface area (Å²) in [4.78, 5) is 18.3. The third-order valence-corrected chi connectivity index (χ3v) is 3.59. The molecule has 0 fully saturated rings. The van der Waals surface area contributed by atoms with Crippen molar-refractivity contribution in [1.29, 1.82) is 0 Å². The maximum atomic E-state index is 12.1. The van der Waals surface area contributed by atoms with E-state index >= 15 is 0 Å². The SMILES string of the molecule is CC(C)Oc1ncccc1CNC(=O)NCC(c1ccco1)N(C)C. The third-order valence-electron chi connectivity index (χ3n) is 3.59. The molecule has 0 bridgehead atoms. The lowest BCUT2D eigenvalue weighted by Crippen LogP contribution is -2.40. The standard InChI is InChI=1S/C18H26N4O3/c1-13(2)25-17-14(7-5-9-19-17)11-20-18(23)21-12-15(22(3)4)16-8-6-10-24-16/h5-10,13,15H,11-12H2,1-4H3,(H2,20,21,23). The summed E-state index contributed by atoms with van der Waals surface area (Å²) in [5.41, 5.74) is 0.835. The van der Waals surface area contributed by atoms with Crippen molar-refractivity contribution in [2.24, 2.45) is 0 Å². The maximum absolute atomic E-state index is 12.1. The molecule has 136 valence electrons. The summed E-state index contributed by atoms with van der Waals surface area (Å²) < 4.78 is 11.1. The zero-order valence-corrected chi connectivity index (χ0v) is 15.2. The molecule has 0 saturated carbocycles. The zero-order chi connectivity index (χ0) is 18.2. The van der Waals surface area contributed by atoms with Crippen LogP contribution in [0.15, 0.2) is 41.1 Å². The van der Waals surface area contributed by atoms with Crippen LogP contribution < -0.4 is 15.4 Å². The van der Waals surface area contributed by atoms with Crippen molar-refractivity contribution >= 4 is 6.03 Å². The molecule has 2 aromatic rings. The first kappa shape index (κ1) is 18.8. The Bertz CT molecular complexity index is 656. The van der Waals surface area contributed by atoms with Gasteiger partial charge in [0.1, 0.15) is 5.76 Å². The predicted molar refractivity (Wildman–Crippen MR) is 95.4 cm³/mol. The van der Waals surface area contributed by atoms with Crippen molar-refractivity contribution in [2.75, 3.05) is 20.6 Å². The third kappa shape index (κ3) is 5.79. The average Bonchev–Trinajstić information content (AvgIpc) is 3.07. The quantitative estimate of drug-likeness (QED) is 0.768. The Morgan fingerprint density at radius 1 is 1.28 bits per heavy atom.